The molecule has 7 heteroatoms. The minimum Gasteiger partial charge on any atom is -0.390 e. The van der Waals surface area contributed by atoms with Gasteiger partial charge in [0, 0.05) is 29.9 Å². The van der Waals surface area contributed by atoms with E-state index >= 15 is 0 Å². The predicted octanol–water partition coefficient (Wildman–Crippen LogP) is 2.76. The maximum absolute atomic E-state index is 13.2. The van der Waals surface area contributed by atoms with Crippen LogP contribution in [-0.4, -0.2) is 56.1 Å². The van der Waals surface area contributed by atoms with Gasteiger partial charge in [-0.3, -0.25) is 4.79 Å². The first-order valence-corrected chi connectivity index (χ1v) is 9.47. The Hall–Kier alpha value is -2.67. The second-order valence-corrected chi connectivity index (χ2v) is 7.29. The minimum atomic E-state index is -0.944. The smallest absolute Gasteiger partial charge is 0.257 e. The molecule has 6 nitrogen and oxygen atoms in total. The number of para-hydroxylation sites is 1. The lowest BCUT2D eigenvalue weighted by molar-refractivity contribution is -0.0321. The van der Waals surface area contributed by atoms with Gasteiger partial charge < -0.3 is 15.1 Å². The van der Waals surface area contributed by atoms with Crippen LogP contribution in [0, 0.1) is 0 Å². The number of β-amino-alcohol motifs (C(OH)–C–C–N with tert-alkyl or cyclic N) is 1. The van der Waals surface area contributed by atoms with Gasteiger partial charge in [0.05, 0.1) is 23.5 Å². The molecule has 0 radical (unpaired) electrons. The molecule has 144 valence electrons. The summed E-state index contributed by atoms with van der Waals surface area (Å²) in [7, 11) is 0. The molecule has 1 saturated heterocycles. The molecule has 0 unspecified atom stereocenters. The first-order chi connectivity index (χ1) is 13.5. The van der Waals surface area contributed by atoms with E-state index in [-0.39, 0.29) is 12.5 Å². The highest BCUT2D eigenvalue weighted by atomic mass is 35.5. The van der Waals surface area contributed by atoms with Gasteiger partial charge in [0.2, 0.25) is 0 Å². The number of amides is 1. The zero-order valence-corrected chi connectivity index (χ0v) is 15.8. The third kappa shape index (κ3) is 3.67. The highest BCUT2D eigenvalue weighted by Crippen LogP contribution is 2.27. The van der Waals surface area contributed by atoms with E-state index in [1.165, 1.54) is 0 Å². The van der Waals surface area contributed by atoms with Crippen molar-refractivity contribution in [2.24, 2.45) is 0 Å². The Kier molecular flexibility index (Phi) is 5.17. The lowest BCUT2D eigenvalue weighted by atomic mass is 10.0. The second kappa shape index (κ2) is 7.75. The molecule has 2 N–H and O–H groups in total. The SMILES string of the molecule is O=C(c1cn(-c2ccccc2)nc1-c1ccc(Cl)cc1)N1CC[C@@H](O)[C@H](O)C1. The number of likely N-dealkylation sites (tertiary alicyclic amines) is 1. The Bertz CT molecular complexity index is 972. The van der Waals surface area contributed by atoms with E-state index in [0.29, 0.717) is 29.2 Å². The van der Waals surface area contributed by atoms with Gasteiger partial charge in [-0.05, 0) is 30.7 Å². The topological polar surface area (TPSA) is 78.6 Å². The number of nitrogens with zero attached hydrogens (tertiary/aromatic N) is 3. The molecule has 0 saturated carbocycles. The summed E-state index contributed by atoms with van der Waals surface area (Å²) in [5.41, 5.74) is 2.60. The summed E-state index contributed by atoms with van der Waals surface area (Å²) >= 11 is 6.00. The van der Waals surface area contributed by atoms with Gasteiger partial charge in [0.1, 0.15) is 5.69 Å². The van der Waals surface area contributed by atoms with E-state index in [4.69, 9.17) is 11.6 Å². The summed E-state index contributed by atoms with van der Waals surface area (Å²) in [5.74, 6) is -0.224. The molecule has 0 bridgehead atoms. The second-order valence-electron chi connectivity index (χ2n) is 6.85. The van der Waals surface area contributed by atoms with E-state index in [9.17, 15) is 15.0 Å². The Morgan fingerprint density at radius 2 is 1.75 bits per heavy atom. The maximum Gasteiger partial charge on any atom is 0.257 e. The van der Waals surface area contributed by atoms with Crippen LogP contribution in [0.2, 0.25) is 5.02 Å². The molecular formula is C21H20ClN3O3. The Balaban J connectivity index is 1.75. The molecule has 0 spiro atoms. The van der Waals surface area contributed by atoms with Crippen LogP contribution in [-0.2, 0) is 0 Å². The van der Waals surface area contributed by atoms with Crippen molar-refractivity contribution >= 4 is 17.5 Å². The first-order valence-electron chi connectivity index (χ1n) is 9.09. The molecule has 28 heavy (non-hydrogen) atoms. The van der Waals surface area contributed by atoms with Crippen molar-refractivity contribution < 1.29 is 15.0 Å². The number of aliphatic hydroxyl groups is 2. The Morgan fingerprint density at radius 1 is 1.04 bits per heavy atom. The van der Waals surface area contributed by atoms with Crippen molar-refractivity contribution in [2.45, 2.75) is 18.6 Å². The van der Waals surface area contributed by atoms with Crippen LogP contribution in [0.5, 0.6) is 0 Å². The van der Waals surface area contributed by atoms with Crippen LogP contribution >= 0.6 is 11.6 Å². The van der Waals surface area contributed by atoms with Crippen LogP contribution in [0.4, 0.5) is 0 Å². The highest BCUT2D eigenvalue weighted by Gasteiger charge is 2.31. The number of piperidine rings is 1. The van der Waals surface area contributed by atoms with Crippen molar-refractivity contribution in [2.75, 3.05) is 13.1 Å². The summed E-state index contributed by atoms with van der Waals surface area (Å²) in [5, 5.41) is 25.0. The largest absolute Gasteiger partial charge is 0.390 e. The molecule has 1 fully saturated rings. The van der Waals surface area contributed by atoms with Crippen LogP contribution in [0.15, 0.2) is 60.8 Å². The third-order valence-corrected chi connectivity index (χ3v) is 5.17. The summed E-state index contributed by atoms with van der Waals surface area (Å²) in [6.45, 7) is 0.476. The van der Waals surface area contributed by atoms with E-state index in [0.717, 1.165) is 11.3 Å². The summed E-state index contributed by atoms with van der Waals surface area (Å²) < 4.78 is 1.67. The van der Waals surface area contributed by atoms with Gasteiger partial charge in [0.15, 0.2) is 0 Å². The fourth-order valence-electron chi connectivity index (χ4n) is 3.34. The number of halogens is 1. The van der Waals surface area contributed by atoms with E-state index in [1.807, 2.05) is 42.5 Å². The molecular weight excluding hydrogens is 378 g/mol. The van der Waals surface area contributed by atoms with Crippen molar-refractivity contribution in [1.82, 2.24) is 14.7 Å². The lowest BCUT2D eigenvalue weighted by Gasteiger charge is -2.33. The molecule has 2 aromatic carbocycles. The van der Waals surface area contributed by atoms with Gasteiger partial charge in [-0.15, -0.1) is 0 Å². The average molecular weight is 398 g/mol. The molecule has 1 amide bonds. The monoisotopic (exact) mass is 397 g/mol. The molecule has 4 rings (SSSR count). The Morgan fingerprint density at radius 3 is 2.43 bits per heavy atom. The lowest BCUT2D eigenvalue weighted by Crippen LogP contribution is -2.49. The van der Waals surface area contributed by atoms with Crippen molar-refractivity contribution in [3.63, 3.8) is 0 Å². The maximum atomic E-state index is 13.2. The van der Waals surface area contributed by atoms with Crippen molar-refractivity contribution in [3.05, 3.63) is 71.4 Å². The van der Waals surface area contributed by atoms with Gasteiger partial charge >= 0.3 is 0 Å². The normalized spacial score (nSPS) is 19.6. The fraction of sp³-hybridized carbons (Fsp3) is 0.238. The highest BCUT2D eigenvalue weighted by molar-refractivity contribution is 6.30. The number of hydrogen-bond acceptors (Lipinski definition) is 4. The van der Waals surface area contributed by atoms with E-state index < -0.39 is 12.2 Å². The van der Waals surface area contributed by atoms with E-state index in [1.54, 1.807) is 27.9 Å². The molecule has 1 aromatic heterocycles. The molecule has 0 aliphatic carbocycles. The number of hydrogen-bond donors (Lipinski definition) is 2. The van der Waals surface area contributed by atoms with Crippen LogP contribution in [0.1, 0.15) is 16.8 Å². The van der Waals surface area contributed by atoms with Crippen LogP contribution < -0.4 is 0 Å². The van der Waals surface area contributed by atoms with Gasteiger partial charge in [-0.25, -0.2) is 4.68 Å². The minimum absolute atomic E-state index is 0.0938. The molecule has 2 heterocycles. The van der Waals surface area contributed by atoms with Gasteiger partial charge in [-0.2, -0.15) is 5.10 Å². The number of rotatable bonds is 3. The number of carbonyl (C=O) groups excluding carboxylic acids is 1. The predicted molar refractivity (Wildman–Crippen MR) is 107 cm³/mol. The first kappa shape index (κ1) is 18.7. The van der Waals surface area contributed by atoms with Crippen molar-refractivity contribution in [1.29, 1.82) is 0 Å². The average Bonchev–Trinajstić information content (AvgIpc) is 3.16. The summed E-state index contributed by atoms with van der Waals surface area (Å²) in [4.78, 5) is 14.8. The molecule has 1 aliphatic rings. The zero-order valence-electron chi connectivity index (χ0n) is 15.1. The number of carbonyl (C=O) groups is 1. The van der Waals surface area contributed by atoms with Gasteiger partial charge in [0.25, 0.3) is 5.91 Å². The Labute approximate surface area is 167 Å². The summed E-state index contributed by atoms with van der Waals surface area (Å²) in [6.07, 6.45) is 0.308. The fourth-order valence-corrected chi connectivity index (χ4v) is 3.46. The van der Waals surface area contributed by atoms with Crippen molar-refractivity contribution in [3.8, 4) is 16.9 Å². The standard InChI is InChI=1S/C21H20ClN3O3/c22-15-8-6-14(7-9-15)20-17(12-25(23-20)16-4-2-1-3-5-16)21(28)24-11-10-18(26)19(27)13-24/h1-9,12,18-19,26-27H,10-11,13H2/t18-,19-/m1/s1. The zero-order chi connectivity index (χ0) is 19.7. The van der Waals surface area contributed by atoms with Crippen LogP contribution in [0.3, 0.4) is 0 Å². The third-order valence-electron chi connectivity index (χ3n) is 4.92. The van der Waals surface area contributed by atoms with Crippen LogP contribution in [0.25, 0.3) is 16.9 Å². The number of aromatic nitrogens is 2. The van der Waals surface area contributed by atoms with Gasteiger partial charge in [-0.1, -0.05) is 41.9 Å². The molecule has 1 aliphatic heterocycles. The van der Waals surface area contributed by atoms with E-state index in [2.05, 4.69) is 5.10 Å². The summed E-state index contributed by atoms with van der Waals surface area (Å²) in [6, 6.07) is 16.7. The molecule has 2 atom stereocenters. The quantitative estimate of drug-likeness (QED) is 0.712. The molecule has 3 aromatic rings. The number of aliphatic hydroxyl groups excluding tert-OH is 2. The number of benzene rings is 2.